The minimum atomic E-state index is -0.899. The Bertz CT molecular complexity index is 1160. The van der Waals surface area contributed by atoms with Crippen LogP contribution in [0.3, 0.4) is 0 Å². The Hall–Kier alpha value is -3.92. The van der Waals surface area contributed by atoms with Crippen molar-refractivity contribution in [2.24, 2.45) is 0 Å². The first-order chi connectivity index (χ1) is 17.4. The molecule has 1 atom stereocenters. The number of aliphatic hydroxyl groups is 1. The first kappa shape index (κ1) is 25.2. The quantitative estimate of drug-likeness (QED) is 0.241. The highest BCUT2D eigenvalue weighted by Crippen LogP contribution is 2.46. The van der Waals surface area contributed by atoms with Crippen molar-refractivity contribution in [2.45, 2.75) is 12.5 Å². The van der Waals surface area contributed by atoms with Crippen LogP contribution in [0.5, 0.6) is 28.7 Å². The molecule has 10 heteroatoms. The summed E-state index contributed by atoms with van der Waals surface area (Å²) in [6.45, 7) is 1.42. The topological polar surface area (TPSA) is 113 Å². The van der Waals surface area contributed by atoms with Crippen LogP contribution in [0, 0.1) is 0 Å². The highest BCUT2D eigenvalue weighted by Gasteiger charge is 2.46. The number of ether oxygens (including phenoxy) is 6. The number of ketones is 1. The Labute approximate surface area is 208 Å². The van der Waals surface area contributed by atoms with Gasteiger partial charge in [-0.05, 0) is 42.3 Å². The second kappa shape index (κ2) is 10.8. The van der Waals surface area contributed by atoms with Gasteiger partial charge in [-0.3, -0.25) is 9.59 Å². The molecule has 1 saturated heterocycles. The number of nitrogens with zero attached hydrogens (tertiary/aromatic N) is 1. The number of amides is 1. The third-order valence-corrected chi connectivity index (χ3v) is 6.11. The number of likely N-dealkylation sites (tertiary alicyclic amines) is 1. The van der Waals surface area contributed by atoms with Gasteiger partial charge in [0.25, 0.3) is 11.7 Å². The summed E-state index contributed by atoms with van der Waals surface area (Å²) in [6, 6.07) is 7.30. The largest absolute Gasteiger partial charge is 0.507 e. The molecule has 2 aromatic carbocycles. The molecule has 0 bridgehead atoms. The summed E-state index contributed by atoms with van der Waals surface area (Å²) in [6.07, 6.45) is 0.495. The van der Waals surface area contributed by atoms with Crippen LogP contribution in [0.1, 0.15) is 23.6 Å². The van der Waals surface area contributed by atoms with Crippen LogP contribution in [0.4, 0.5) is 0 Å². The average molecular weight is 500 g/mol. The van der Waals surface area contributed by atoms with Crippen LogP contribution < -0.4 is 23.7 Å². The molecule has 0 saturated carbocycles. The molecule has 0 aromatic heterocycles. The van der Waals surface area contributed by atoms with Gasteiger partial charge in [-0.1, -0.05) is 0 Å². The second-order valence-corrected chi connectivity index (χ2v) is 8.16. The highest BCUT2D eigenvalue weighted by atomic mass is 16.6. The molecule has 2 aromatic rings. The lowest BCUT2D eigenvalue weighted by atomic mass is 9.94. The van der Waals surface area contributed by atoms with E-state index in [2.05, 4.69) is 0 Å². The maximum Gasteiger partial charge on any atom is 0.295 e. The minimum absolute atomic E-state index is 0.0524. The van der Waals surface area contributed by atoms with Crippen LogP contribution in [-0.2, 0) is 14.3 Å². The molecule has 2 aliphatic rings. The molecule has 2 heterocycles. The zero-order valence-electron chi connectivity index (χ0n) is 20.7. The van der Waals surface area contributed by atoms with Gasteiger partial charge in [-0.2, -0.15) is 0 Å². The van der Waals surface area contributed by atoms with Crippen LogP contribution in [0.15, 0.2) is 35.9 Å². The number of carbonyl (C=O) groups excluding carboxylic acids is 2. The minimum Gasteiger partial charge on any atom is -0.507 e. The first-order valence-corrected chi connectivity index (χ1v) is 11.4. The summed E-state index contributed by atoms with van der Waals surface area (Å²) in [5, 5.41) is 11.4. The van der Waals surface area contributed by atoms with Gasteiger partial charge in [0, 0.05) is 25.8 Å². The van der Waals surface area contributed by atoms with E-state index < -0.39 is 17.7 Å². The summed E-state index contributed by atoms with van der Waals surface area (Å²) in [4.78, 5) is 27.9. The van der Waals surface area contributed by atoms with E-state index in [0.29, 0.717) is 66.1 Å². The predicted molar refractivity (Wildman–Crippen MR) is 129 cm³/mol. The van der Waals surface area contributed by atoms with E-state index in [4.69, 9.17) is 28.4 Å². The van der Waals surface area contributed by atoms with E-state index in [9.17, 15) is 14.7 Å². The number of carbonyl (C=O) groups is 2. The number of aliphatic hydroxyl groups excluding tert-OH is 1. The van der Waals surface area contributed by atoms with Crippen molar-refractivity contribution >= 4 is 17.4 Å². The molecule has 4 rings (SSSR count). The van der Waals surface area contributed by atoms with Crippen molar-refractivity contribution in [3.63, 3.8) is 0 Å². The molecule has 2 aliphatic heterocycles. The van der Waals surface area contributed by atoms with Gasteiger partial charge < -0.3 is 38.4 Å². The summed E-state index contributed by atoms with van der Waals surface area (Å²) in [5.74, 6) is 0.234. The van der Waals surface area contributed by atoms with Crippen LogP contribution in [-0.4, -0.2) is 76.5 Å². The van der Waals surface area contributed by atoms with Gasteiger partial charge in [0.15, 0.2) is 23.0 Å². The third kappa shape index (κ3) is 4.51. The molecule has 0 spiro atoms. The number of Topliss-reactive ketones (excluding diaryl/α,β-unsaturated/α-hetero) is 1. The third-order valence-electron chi connectivity index (χ3n) is 6.11. The van der Waals surface area contributed by atoms with E-state index in [0.717, 1.165) is 0 Å². The number of hydrogen-bond donors (Lipinski definition) is 1. The Morgan fingerprint density at radius 2 is 1.64 bits per heavy atom. The monoisotopic (exact) mass is 499 g/mol. The SMILES string of the molecule is COCCCN1C(=O)C(=O)C(=C(O)c2ccc3c(c2)OCCO3)C1c1cc(OC)c(OC)c(OC)c1. The van der Waals surface area contributed by atoms with Crippen molar-refractivity contribution in [3.8, 4) is 28.7 Å². The normalized spacial score (nSPS) is 18.3. The second-order valence-electron chi connectivity index (χ2n) is 8.16. The van der Waals surface area contributed by atoms with Gasteiger partial charge in [-0.25, -0.2) is 0 Å². The van der Waals surface area contributed by atoms with Crippen molar-refractivity contribution in [1.82, 2.24) is 4.90 Å². The number of methoxy groups -OCH3 is 4. The van der Waals surface area contributed by atoms with Gasteiger partial charge in [0.2, 0.25) is 5.75 Å². The zero-order chi connectivity index (χ0) is 25.8. The molecule has 36 heavy (non-hydrogen) atoms. The Kier molecular flexibility index (Phi) is 7.54. The smallest absolute Gasteiger partial charge is 0.295 e. The number of benzene rings is 2. The van der Waals surface area contributed by atoms with Crippen molar-refractivity contribution in [2.75, 3.05) is 54.8 Å². The van der Waals surface area contributed by atoms with Crippen LogP contribution in [0.25, 0.3) is 5.76 Å². The maximum atomic E-state index is 13.3. The first-order valence-electron chi connectivity index (χ1n) is 11.4. The lowest BCUT2D eigenvalue weighted by Gasteiger charge is -2.26. The fraction of sp³-hybridized carbons (Fsp3) is 0.385. The van der Waals surface area contributed by atoms with Gasteiger partial charge in [-0.15, -0.1) is 0 Å². The number of rotatable bonds is 9. The molecular weight excluding hydrogens is 470 g/mol. The van der Waals surface area contributed by atoms with E-state index in [1.165, 1.54) is 26.2 Å². The Morgan fingerprint density at radius 1 is 0.972 bits per heavy atom. The van der Waals surface area contributed by atoms with E-state index >= 15 is 0 Å². The van der Waals surface area contributed by atoms with E-state index in [1.54, 1.807) is 37.4 Å². The fourth-order valence-electron chi connectivity index (χ4n) is 4.44. The fourth-order valence-corrected chi connectivity index (χ4v) is 4.44. The molecule has 10 nitrogen and oxygen atoms in total. The van der Waals surface area contributed by atoms with Crippen molar-refractivity contribution in [1.29, 1.82) is 0 Å². The lowest BCUT2D eigenvalue weighted by Crippen LogP contribution is -2.31. The number of hydrogen-bond acceptors (Lipinski definition) is 9. The highest BCUT2D eigenvalue weighted by molar-refractivity contribution is 6.46. The summed E-state index contributed by atoms with van der Waals surface area (Å²) >= 11 is 0. The van der Waals surface area contributed by atoms with E-state index in [1.807, 2.05) is 0 Å². The predicted octanol–water partition coefficient (Wildman–Crippen LogP) is 2.94. The Balaban J connectivity index is 1.88. The molecule has 1 N–H and O–H groups in total. The maximum absolute atomic E-state index is 13.3. The summed E-state index contributed by atoms with van der Waals surface area (Å²) in [5.41, 5.74) is 0.787. The van der Waals surface area contributed by atoms with Gasteiger partial charge >= 0.3 is 0 Å². The summed E-state index contributed by atoms with van der Waals surface area (Å²) < 4.78 is 32.7. The van der Waals surface area contributed by atoms with Crippen molar-refractivity contribution in [3.05, 3.63) is 47.0 Å². The molecular formula is C26H29NO9. The van der Waals surface area contributed by atoms with Crippen LogP contribution >= 0.6 is 0 Å². The molecule has 0 radical (unpaired) electrons. The number of fused-ring (bicyclic) bond motifs is 1. The summed E-state index contributed by atoms with van der Waals surface area (Å²) in [7, 11) is 6.00. The standard InChI is InChI=1S/C26H29NO9/c1-31-9-5-8-27-22(16-13-19(32-2)25(34-4)20(14-16)33-3)21(24(29)26(27)30)23(28)15-6-7-17-18(12-15)36-11-10-35-17/h6-7,12-14,22,28H,5,8-11H2,1-4H3. The molecule has 1 unspecified atom stereocenters. The van der Waals surface area contributed by atoms with Crippen molar-refractivity contribution < 1.29 is 43.1 Å². The zero-order valence-corrected chi connectivity index (χ0v) is 20.7. The van der Waals surface area contributed by atoms with Gasteiger partial charge in [0.1, 0.15) is 19.0 Å². The molecule has 1 amide bonds. The average Bonchev–Trinajstić information content (AvgIpc) is 3.16. The molecule has 192 valence electrons. The van der Waals surface area contributed by atoms with E-state index in [-0.39, 0.29) is 17.9 Å². The molecule has 0 aliphatic carbocycles. The molecule has 1 fully saturated rings. The lowest BCUT2D eigenvalue weighted by molar-refractivity contribution is -0.140. The Morgan fingerprint density at radius 3 is 2.25 bits per heavy atom. The van der Waals surface area contributed by atoms with Gasteiger partial charge in [0.05, 0.1) is 32.9 Å². The van der Waals surface area contributed by atoms with Crippen LogP contribution in [0.2, 0.25) is 0 Å².